The van der Waals surface area contributed by atoms with Crippen molar-refractivity contribution in [2.75, 3.05) is 0 Å². The third-order valence-corrected chi connectivity index (χ3v) is 0. The summed E-state index contributed by atoms with van der Waals surface area (Å²) in [4.78, 5) is 0. The molecule has 32 valence electrons. The van der Waals surface area contributed by atoms with Gasteiger partial charge < -0.3 is 5.48 Å². The largest absolute Gasteiger partial charge is 0.412 e. The molecule has 0 fully saturated rings. The van der Waals surface area contributed by atoms with Crippen LogP contribution in [-0.2, 0) is 0 Å². The van der Waals surface area contributed by atoms with E-state index in [2.05, 4.69) is 0 Å². The van der Waals surface area contributed by atoms with E-state index in [0.717, 1.165) is 0 Å². The minimum atomic E-state index is 0. The molecule has 0 rings (SSSR count). The van der Waals surface area contributed by atoms with Crippen LogP contribution in [0.3, 0.4) is 0 Å². The van der Waals surface area contributed by atoms with Gasteiger partial charge in [-0.1, -0.05) is 7.43 Å². The molecule has 0 aromatic heterocycles. The molecule has 1 unspecified atom stereocenters. The van der Waals surface area contributed by atoms with E-state index < -0.39 is 0 Å². The molecule has 2 N–H and O–H groups in total. The van der Waals surface area contributed by atoms with Crippen LogP contribution in [-0.4, -0.2) is 5.48 Å². The third-order valence-electron chi connectivity index (χ3n) is 0. The molecule has 4 heavy (non-hydrogen) atoms. The van der Waals surface area contributed by atoms with Gasteiger partial charge in [0.15, 0.2) is 0 Å². The van der Waals surface area contributed by atoms with E-state index in [0.29, 0.717) is 0 Å². The van der Waals surface area contributed by atoms with Crippen LogP contribution in [0.1, 0.15) is 7.43 Å². The Bertz CT molecular complexity index is 8.00. The molecular weight excluding hydrogens is 91.1 g/mol. The normalized spacial score (nSPS) is 0. The Morgan fingerprint density at radius 2 is 1.00 bits per heavy atom. The second-order valence-electron chi connectivity index (χ2n) is 0. The first-order chi connectivity index (χ1) is 0. The highest BCUT2D eigenvalue weighted by Gasteiger charge is -0.0775. The van der Waals surface area contributed by atoms with Crippen molar-refractivity contribution in [2.24, 2.45) is 0 Å². The Hall–Kier alpha value is 0.740. The van der Waals surface area contributed by atoms with Gasteiger partial charge in [-0.2, -0.15) is 23.4 Å². The zero-order chi connectivity index (χ0) is 0. The summed E-state index contributed by atoms with van der Waals surface area (Å²) < 4.78 is 0. The summed E-state index contributed by atoms with van der Waals surface area (Å²) in [5.41, 5.74) is 0. The fraction of sp³-hybridized carbons (Fsp3) is 1.00. The lowest BCUT2D eigenvalue weighted by Gasteiger charge is -0.412. The standard InChI is InChI=1S/CH4.H2O.H3P.H2S/h1H4;1H2;1H3;1H2. The van der Waals surface area contributed by atoms with Crippen molar-refractivity contribution >= 4 is 23.4 Å². The van der Waals surface area contributed by atoms with Crippen LogP contribution in [0.5, 0.6) is 0 Å². The molecule has 0 aromatic rings. The number of hydrogen-bond acceptors (Lipinski definition) is 0. The topological polar surface area (TPSA) is 31.5 Å². The molecule has 0 saturated carbocycles. The Balaban J connectivity index is 0. The zero-order valence-electron chi connectivity index (χ0n) is 1.71. The van der Waals surface area contributed by atoms with Gasteiger partial charge >= 0.3 is 0 Å². The molecule has 0 heterocycles. The Morgan fingerprint density at radius 1 is 1.00 bits per heavy atom. The van der Waals surface area contributed by atoms with Gasteiger partial charge in [0.2, 0.25) is 0 Å². The fourth-order valence-electron chi connectivity index (χ4n) is 0. The molecule has 1 nitrogen and oxygen atoms in total. The van der Waals surface area contributed by atoms with Crippen LogP contribution in [0.25, 0.3) is 0 Å². The van der Waals surface area contributed by atoms with E-state index in [1.165, 1.54) is 0 Å². The van der Waals surface area contributed by atoms with Crippen molar-refractivity contribution < 1.29 is 5.48 Å². The van der Waals surface area contributed by atoms with Gasteiger partial charge in [0.1, 0.15) is 0 Å². The first kappa shape index (κ1) is 121. The van der Waals surface area contributed by atoms with Gasteiger partial charge in [-0.05, 0) is 0 Å². The Labute approximate surface area is 37.2 Å². The maximum absolute atomic E-state index is 0. The van der Waals surface area contributed by atoms with Crippen LogP contribution in [0, 0.1) is 0 Å². The van der Waals surface area contributed by atoms with Gasteiger partial charge in [-0.15, -0.1) is 0 Å². The summed E-state index contributed by atoms with van der Waals surface area (Å²) in [6, 6.07) is 0. The number of hydrogen-bond donors (Lipinski definition) is 0. The van der Waals surface area contributed by atoms with Gasteiger partial charge in [0.05, 0.1) is 0 Å². The van der Waals surface area contributed by atoms with E-state index in [1.54, 1.807) is 0 Å². The molecular formula is CH11OPS. The molecule has 0 radical (unpaired) electrons. The minimum Gasteiger partial charge on any atom is -0.412 e. The molecule has 1 atom stereocenters. The molecule has 0 amide bonds. The quantitative estimate of drug-likeness (QED) is 0.385. The van der Waals surface area contributed by atoms with Crippen LogP contribution in [0.4, 0.5) is 0 Å². The van der Waals surface area contributed by atoms with Crippen molar-refractivity contribution in [3.8, 4) is 0 Å². The molecule has 0 aliphatic heterocycles. The Kier molecular flexibility index (Phi) is 1550. The maximum Gasteiger partial charge on any atom is -0.0776 e. The maximum atomic E-state index is 0. The zero-order valence-corrected chi connectivity index (χ0v) is 4.12. The highest BCUT2D eigenvalue weighted by Crippen LogP contribution is 0.861. The first-order valence-corrected chi connectivity index (χ1v) is 0. The lowest BCUT2D eigenvalue weighted by molar-refractivity contribution is 0.824. The molecule has 0 spiro atoms. The second-order valence-corrected chi connectivity index (χ2v) is 0. The SMILES string of the molecule is C.O.P.S. The summed E-state index contributed by atoms with van der Waals surface area (Å²) in [7, 11) is 0. The van der Waals surface area contributed by atoms with Gasteiger partial charge in [0, 0.05) is 0 Å². The average Bonchev–Trinajstić information content (AvgIpc) is 0. The fourth-order valence-corrected chi connectivity index (χ4v) is 0. The summed E-state index contributed by atoms with van der Waals surface area (Å²) >= 11 is 0. The molecule has 3 heteroatoms. The smallest absolute Gasteiger partial charge is 0.0776 e. The van der Waals surface area contributed by atoms with Crippen molar-refractivity contribution in [2.45, 2.75) is 7.43 Å². The predicted octanol–water partition coefficient (Wildman–Crippen LogP) is -0.0177. The third kappa shape index (κ3) is 15.1. The van der Waals surface area contributed by atoms with Crippen LogP contribution in [0.15, 0.2) is 0 Å². The highest BCUT2D eigenvalue weighted by atomic mass is 32.1. The van der Waals surface area contributed by atoms with Crippen molar-refractivity contribution in [3.63, 3.8) is 0 Å². The summed E-state index contributed by atoms with van der Waals surface area (Å²) in [5.74, 6) is 0. The van der Waals surface area contributed by atoms with Crippen molar-refractivity contribution in [1.29, 1.82) is 0 Å². The monoisotopic (exact) mass is 102 g/mol. The van der Waals surface area contributed by atoms with Gasteiger partial charge in [-0.3, -0.25) is 0 Å². The highest BCUT2D eigenvalue weighted by molar-refractivity contribution is 7.59. The van der Waals surface area contributed by atoms with Crippen LogP contribution in [0.2, 0.25) is 0 Å². The summed E-state index contributed by atoms with van der Waals surface area (Å²) in [6.45, 7) is 0. The van der Waals surface area contributed by atoms with Gasteiger partial charge in [0.25, 0.3) is 0 Å². The van der Waals surface area contributed by atoms with E-state index in [1.807, 2.05) is 0 Å². The van der Waals surface area contributed by atoms with E-state index in [9.17, 15) is 0 Å². The van der Waals surface area contributed by atoms with Crippen molar-refractivity contribution in [3.05, 3.63) is 0 Å². The van der Waals surface area contributed by atoms with E-state index in [4.69, 9.17) is 0 Å². The summed E-state index contributed by atoms with van der Waals surface area (Å²) in [6.07, 6.45) is 0. The number of rotatable bonds is 0. The molecule has 0 saturated heterocycles. The predicted molar refractivity (Wildman–Crippen MR) is 31.8 cm³/mol. The van der Waals surface area contributed by atoms with Crippen LogP contribution < -0.4 is 0 Å². The van der Waals surface area contributed by atoms with Crippen molar-refractivity contribution in [1.82, 2.24) is 0 Å². The van der Waals surface area contributed by atoms with Gasteiger partial charge in [-0.25, -0.2) is 0 Å². The lowest BCUT2D eigenvalue weighted by Crippen LogP contribution is -0.289. The minimum absolute atomic E-state index is 0. The molecule has 0 bridgehead atoms. The summed E-state index contributed by atoms with van der Waals surface area (Å²) in [5, 5.41) is 0. The molecule has 0 aliphatic carbocycles. The average molecular weight is 102 g/mol. The first-order valence-electron chi connectivity index (χ1n) is 0. The second kappa shape index (κ2) is 51.3. The van der Waals surface area contributed by atoms with Crippen LogP contribution >= 0.6 is 23.4 Å². The van der Waals surface area contributed by atoms with E-state index in [-0.39, 0.29) is 36.3 Å². The van der Waals surface area contributed by atoms with E-state index >= 15 is 0 Å². The Morgan fingerprint density at radius 3 is 1.00 bits per heavy atom. The molecule has 0 aromatic carbocycles. The molecule has 0 aliphatic rings. The lowest BCUT2D eigenvalue weighted by atomic mass is 12.0.